The molecule has 0 radical (unpaired) electrons. The number of hydrogen-bond acceptors (Lipinski definition) is 5. The summed E-state index contributed by atoms with van der Waals surface area (Å²) in [4.78, 5) is 6.45. The van der Waals surface area contributed by atoms with Crippen molar-refractivity contribution in [2.75, 3.05) is 19.7 Å². The molecule has 0 aliphatic carbocycles. The Kier molecular flexibility index (Phi) is 8.67. The van der Waals surface area contributed by atoms with Crippen molar-refractivity contribution in [1.29, 1.82) is 0 Å². The van der Waals surface area contributed by atoms with Crippen molar-refractivity contribution in [3.63, 3.8) is 0 Å². The zero-order valence-electron chi connectivity index (χ0n) is 19.2. The molecule has 2 heterocycles. The molecule has 1 aromatic carbocycles. The molecular formula is C23H34N4O3S2. The van der Waals surface area contributed by atoms with Crippen LogP contribution in [0.15, 0.2) is 41.7 Å². The Labute approximate surface area is 197 Å². The number of nitrogens with one attached hydrogen (secondary N) is 1. The highest BCUT2D eigenvalue weighted by Crippen LogP contribution is 2.21. The third kappa shape index (κ3) is 6.52. The molecule has 0 spiro atoms. The molecule has 176 valence electrons. The summed E-state index contributed by atoms with van der Waals surface area (Å²) < 4.78 is 34.2. The van der Waals surface area contributed by atoms with Crippen molar-refractivity contribution in [3.05, 3.63) is 47.8 Å². The van der Waals surface area contributed by atoms with Crippen LogP contribution in [-0.2, 0) is 33.4 Å². The van der Waals surface area contributed by atoms with E-state index < -0.39 is 9.84 Å². The van der Waals surface area contributed by atoms with Crippen LogP contribution < -0.4 is 5.32 Å². The van der Waals surface area contributed by atoms with Gasteiger partial charge in [0.25, 0.3) is 0 Å². The van der Waals surface area contributed by atoms with Gasteiger partial charge in [-0.15, -0.1) is 0 Å². The summed E-state index contributed by atoms with van der Waals surface area (Å²) in [7, 11) is -3.60. The number of thiocarbonyl (C=S) groups is 1. The van der Waals surface area contributed by atoms with Gasteiger partial charge < -0.3 is 19.5 Å². The van der Waals surface area contributed by atoms with Gasteiger partial charge in [-0.2, -0.15) is 0 Å². The number of hydrogen-bond donors (Lipinski definition) is 1. The highest BCUT2D eigenvalue weighted by Gasteiger charge is 2.27. The standard InChI is InChI=1S/C23H34N4O3S2/c1-4-24-22(31)26(16-21-11-8-12-30-21)15-20-13-25-23(27(20)14-18(2)3)32(28,29)17-19-9-6-5-7-10-19/h5-7,9-10,13,18,21H,4,8,11-12,14-17H2,1-3H3,(H,24,31)/t21-/m0/s1. The Hall–Kier alpha value is -1.97. The summed E-state index contributed by atoms with van der Waals surface area (Å²) in [5.74, 6) is 0.193. The van der Waals surface area contributed by atoms with Crippen LogP contribution in [0.5, 0.6) is 0 Å². The first-order valence-electron chi connectivity index (χ1n) is 11.3. The minimum atomic E-state index is -3.60. The molecule has 0 saturated carbocycles. The minimum absolute atomic E-state index is 0.0716. The van der Waals surface area contributed by atoms with Gasteiger partial charge in [-0.3, -0.25) is 0 Å². The van der Waals surface area contributed by atoms with E-state index in [0.29, 0.717) is 24.7 Å². The predicted octanol–water partition coefficient (Wildman–Crippen LogP) is 3.39. The first-order chi connectivity index (χ1) is 15.3. The fourth-order valence-electron chi connectivity index (χ4n) is 3.90. The van der Waals surface area contributed by atoms with Crippen LogP contribution in [0.2, 0.25) is 0 Å². The van der Waals surface area contributed by atoms with E-state index in [1.807, 2.05) is 41.8 Å². The van der Waals surface area contributed by atoms with E-state index in [9.17, 15) is 8.42 Å². The maximum Gasteiger partial charge on any atom is 0.228 e. The first-order valence-corrected chi connectivity index (χ1v) is 13.3. The van der Waals surface area contributed by atoms with Gasteiger partial charge in [-0.1, -0.05) is 44.2 Å². The SMILES string of the molecule is CCNC(=S)N(Cc1cnc(S(=O)(=O)Cc2ccccc2)n1CC(C)C)C[C@@H]1CCCO1. The highest BCUT2D eigenvalue weighted by atomic mass is 32.2. The molecule has 1 N–H and O–H groups in total. The molecule has 1 aliphatic rings. The fraction of sp³-hybridized carbons (Fsp3) is 0.565. The molecule has 1 saturated heterocycles. The van der Waals surface area contributed by atoms with E-state index in [1.54, 1.807) is 6.20 Å². The quantitative estimate of drug-likeness (QED) is 0.525. The van der Waals surface area contributed by atoms with Gasteiger partial charge >= 0.3 is 0 Å². The topological polar surface area (TPSA) is 76.5 Å². The maximum absolute atomic E-state index is 13.3. The molecule has 0 amide bonds. The Morgan fingerprint density at radius 3 is 2.72 bits per heavy atom. The van der Waals surface area contributed by atoms with Crippen LogP contribution >= 0.6 is 12.2 Å². The molecule has 7 nitrogen and oxygen atoms in total. The molecule has 2 aromatic rings. The number of imidazole rings is 1. The summed E-state index contributed by atoms with van der Waals surface area (Å²) in [6.07, 6.45) is 3.87. The number of benzene rings is 1. The molecule has 3 rings (SSSR count). The molecule has 32 heavy (non-hydrogen) atoms. The van der Waals surface area contributed by atoms with Crippen molar-refractivity contribution in [3.8, 4) is 0 Å². The molecule has 1 atom stereocenters. The van der Waals surface area contributed by atoms with Gasteiger partial charge in [0.2, 0.25) is 15.0 Å². The summed E-state index contributed by atoms with van der Waals surface area (Å²) in [5, 5.41) is 3.99. The normalized spacial score (nSPS) is 16.4. The largest absolute Gasteiger partial charge is 0.376 e. The van der Waals surface area contributed by atoms with Crippen LogP contribution in [0.4, 0.5) is 0 Å². The smallest absolute Gasteiger partial charge is 0.228 e. The molecule has 1 aliphatic heterocycles. The maximum atomic E-state index is 13.3. The van der Waals surface area contributed by atoms with Crippen molar-refractivity contribution in [2.45, 2.75) is 63.7 Å². The van der Waals surface area contributed by atoms with Crippen LogP contribution in [0, 0.1) is 5.92 Å². The van der Waals surface area contributed by atoms with Crippen LogP contribution in [0.25, 0.3) is 0 Å². The third-order valence-corrected chi connectivity index (χ3v) is 7.34. The van der Waals surface area contributed by atoms with Gasteiger partial charge in [-0.25, -0.2) is 13.4 Å². The minimum Gasteiger partial charge on any atom is -0.376 e. The van der Waals surface area contributed by atoms with E-state index in [0.717, 1.165) is 37.3 Å². The van der Waals surface area contributed by atoms with Crippen molar-refractivity contribution >= 4 is 27.2 Å². The predicted molar refractivity (Wildman–Crippen MR) is 130 cm³/mol. The summed E-state index contributed by atoms with van der Waals surface area (Å²) in [6, 6.07) is 9.23. The van der Waals surface area contributed by atoms with Crippen molar-refractivity contribution in [2.24, 2.45) is 5.92 Å². The van der Waals surface area contributed by atoms with Gasteiger partial charge in [0.15, 0.2) is 5.11 Å². The van der Waals surface area contributed by atoms with E-state index in [2.05, 4.69) is 29.0 Å². The molecule has 0 bridgehead atoms. The number of nitrogens with zero attached hydrogens (tertiary/aromatic N) is 3. The van der Waals surface area contributed by atoms with Gasteiger partial charge in [0, 0.05) is 26.2 Å². The molecule has 1 aromatic heterocycles. The zero-order valence-corrected chi connectivity index (χ0v) is 20.8. The summed E-state index contributed by atoms with van der Waals surface area (Å²) >= 11 is 5.62. The number of sulfone groups is 1. The Balaban J connectivity index is 1.89. The lowest BCUT2D eigenvalue weighted by molar-refractivity contribution is 0.0892. The Bertz CT molecular complexity index is 984. The zero-order chi connectivity index (χ0) is 23.1. The summed E-state index contributed by atoms with van der Waals surface area (Å²) in [5.41, 5.74) is 1.59. The lowest BCUT2D eigenvalue weighted by atomic mass is 10.2. The highest BCUT2D eigenvalue weighted by molar-refractivity contribution is 7.90. The molecular weight excluding hydrogens is 444 g/mol. The van der Waals surface area contributed by atoms with Gasteiger partial charge in [-0.05, 0) is 43.5 Å². The Morgan fingerprint density at radius 1 is 1.34 bits per heavy atom. The average molecular weight is 479 g/mol. The second-order valence-electron chi connectivity index (χ2n) is 8.63. The molecule has 1 fully saturated rings. The molecule has 0 unspecified atom stereocenters. The fourth-order valence-corrected chi connectivity index (χ4v) is 5.68. The first kappa shape index (κ1) is 24.7. The van der Waals surface area contributed by atoms with E-state index in [1.165, 1.54) is 0 Å². The number of rotatable bonds is 10. The van der Waals surface area contributed by atoms with E-state index >= 15 is 0 Å². The van der Waals surface area contributed by atoms with Gasteiger partial charge in [0.05, 0.1) is 30.3 Å². The Morgan fingerprint density at radius 2 is 2.09 bits per heavy atom. The number of aromatic nitrogens is 2. The lowest BCUT2D eigenvalue weighted by Gasteiger charge is -2.28. The van der Waals surface area contributed by atoms with Gasteiger partial charge in [0.1, 0.15) is 0 Å². The monoisotopic (exact) mass is 478 g/mol. The van der Waals surface area contributed by atoms with Crippen LogP contribution in [0.1, 0.15) is 44.9 Å². The average Bonchev–Trinajstić information content (AvgIpc) is 3.38. The van der Waals surface area contributed by atoms with Crippen LogP contribution in [0.3, 0.4) is 0 Å². The van der Waals surface area contributed by atoms with E-state index in [-0.39, 0.29) is 22.9 Å². The van der Waals surface area contributed by atoms with Crippen LogP contribution in [-0.4, -0.2) is 53.8 Å². The second-order valence-corrected chi connectivity index (χ2v) is 10.9. The summed E-state index contributed by atoms with van der Waals surface area (Å²) in [6.45, 7) is 9.38. The van der Waals surface area contributed by atoms with Crippen molar-refractivity contribution in [1.82, 2.24) is 19.8 Å². The van der Waals surface area contributed by atoms with E-state index in [4.69, 9.17) is 17.0 Å². The second kappa shape index (κ2) is 11.2. The lowest BCUT2D eigenvalue weighted by Crippen LogP contribution is -2.43. The molecule has 9 heteroatoms. The van der Waals surface area contributed by atoms with Crippen molar-refractivity contribution < 1.29 is 13.2 Å². The number of ether oxygens (including phenoxy) is 1. The third-order valence-electron chi connectivity index (χ3n) is 5.34.